The van der Waals surface area contributed by atoms with E-state index >= 15 is 0 Å². The third-order valence-corrected chi connectivity index (χ3v) is 2.40. The quantitative estimate of drug-likeness (QED) is 0.680. The van der Waals surface area contributed by atoms with Crippen molar-refractivity contribution in [1.29, 1.82) is 0 Å². The first-order valence-electron chi connectivity index (χ1n) is 5.95. The molecule has 0 unspecified atom stereocenters. The van der Waals surface area contributed by atoms with Crippen molar-refractivity contribution in [2.24, 2.45) is 5.10 Å². The Morgan fingerprint density at radius 2 is 2.00 bits per heavy atom. The average molecular weight is 291 g/mol. The van der Waals surface area contributed by atoms with E-state index in [1.165, 1.54) is 30.6 Å². The van der Waals surface area contributed by atoms with Gasteiger partial charge in [0.25, 0.3) is 5.91 Å². The summed E-state index contributed by atoms with van der Waals surface area (Å²) in [4.78, 5) is 15.5. The second kappa shape index (κ2) is 7.09. The maximum Gasteiger partial charge on any atom is 0.387 e. The number of carbonyl (C=O) groups excluding carboxylic acids is 1. The third-order valence-electron chi connectivity index (χ3n) is 2.40. The van der Waals surface area contributed by atoms with Gasteiger partial charge in [-0.2, -0.15) is 13.9 Å². The van der Waals surface area contributed by atoms with Crippen LogP contribution in [0.4, 0.5) is 8.78 Å². The lowest BCUT2D eigenvalue weighted by Gasteiger charge is -2.06. The smallest absolute Gasteiger partial charge is 0.387 e. The lowest BCUT2D eigenvalue weighted by molar-refractivity contribution is -0.0499. The monoisotopic (exact) mass is 291 g/mol. The second-order valence-electron chi connectivity index (χ2n) is 3.83. The molecule has 0 aliphatic carbocycles. The van der Waals surface area contributed by atoms with Gasteiger partial charge in [0.1, 0.15) is 11.4 Å². The van der Waals surface area contributed by atoms with Crippen molar-refractivity contribution < 1.29 is 18.3 Å². The summed E-state index contributed by atoms with van der Waals surface area (Å²) in [5.74, 6) is -0.526. The molecule has 1 N–H and O–H groups in total. The number of carbonyl (C=O) groups is 1. The summed E-state index contributed by atoms with van der Waals surface area (Å²) in [5.41, 5.74) is 2.77. The molecule has 0 aliphatic heterocycles. The van der Waals surface area contributed by atoms with E-state index in [1.54, 1.807) is 24.3 Å². The van der Waals surface area contributed by atoms with Gasteiger partial charge in [-0.1, -0.05) is 18.2 Å². The van der Waals surface area contributed by atoms with Crippen LogP contribution in [0.15, 0.2) is 53.8 Å². The van der Waals surface area contributed by atoms with Gasteiger partial charge in [0.2, 0.25) is 0 Å². The van der Waals surface area contributed by atoms with Gasteiger partial charge >= 0.3 is 6.61 Å². The van der Waals surface area contributed by atoms with Crippen LogP contribution in [0.3, 0.4) is 0 Å². The third kappa shape index (κ3) is 4.34. The molecule has 21 heavy (non-hydrogen) atoms. The fraction of sp³-hybridized carbons (Fsp3) is 0.0714. The number of amides is 1. The van der Waals surface area contributed by atoms with Crippen LogP contribution >= 0.6 is 0 Å². The van der Waals surface area contributed by atoms with Gasteiger partial charge < -0.3 is 4.74 Å². The Hall–Kier alpha value is -2.83. The lowest BCUT2D eigenvalue weighted by Crippen LogP contribution is -2.18. The Morgan fingerprint density at radius 3 is 2.71 bits per heavy atom. The summed E-state index contributed by atoms with van der Waals surface area (Å²) in [6, 6.07) is 11.0. The van der Waals surface area contributed by atoms with E-state index in [9.17, 15) is 13.6 Å². The predicted molar refractivity (Wildman–Crippen MR) is 72.4 cm³/mol. The van der Waals surface area contributed by atoms with Crippen LogP contribution in [0, 0.1) is 0 Å². The number of pyridine rings is 1. The Kier molecular flexibility index (Phi) is 4.92. The summed E-state index contributed by atoms with van der Waals surface area (Å²) >= 11 is 0. The maximum absolute atomic E-state index is 12.2. The number of benzene rings is 1. The number of rotatable bonds is 5. The summed E-state index contributed by atoms with van der Waals surface area (Å²) in [5, 5.41) is 3.70. The zero-order chi connectivity index (χ0) is 15.1. The highest BCUT2D eigenvalue weighted by Gasteiger charge is 2.08. The molecular weight excluding hydrogens is 280 g/mol. The first-order valence-corrected chi connectivity index (χ1v) is 5.95. The van der Waals surface area contributed by atoms with E-state index in [0.717, 1.165) is 0 Å². The van der Waals surface area contributed by atoms with Crippen LogP contribution in [-0.2, 0) is 0 Å². The molecule has 1 aromatic heterocycles. The van der Waals surface area contributed by atoms with Crippen molar-refractivity contribution in [1.82, 2.24) is 10.4 Å². The number of aromatic nitrogens is 1. The molecule has 0 fully saturated rings. The van der Waals surface area contributed by atoms with Gasteiger partial charge in [0.15, 0.2) is 0 Å². The molecule has 1 heterocycles. The molecule has 0 radical (unpaired) electrons. The average Bonchev–Trinajstić information content (AvgIpc) is 2.49. The van der Waals surface area contributed by atoms with Gasteiger partial charge in [0, 0.05) is 11.8 Å². The normalized spacial score (nSPS) is 10.8. The van der Waals surface area contributed by atoms with Gasteiger partial charge in [-0.25, -0.2) is 5.43 Å². The van der Waals surface area contributed by atoms with E-state index < -0.39 is 12.5 Å². The summed E-state index contributed by atoms with van der Waals surface area (Å²) in [7, 11) is 0. The molecule has 0 saturated carbocycles. The van der Waals surface area contributed by atoms with Gasteiger partial charge in [-0.05, 0) is 24.3 Å². The Balaban J connectivity index is 2.03. The van der Waals surface area contributed by atoms with Crippen molar-refractivity contribution >= 4 is 12.1 Å². The molecule has 1 aromatic carbocycles. The summed E-state index contributed by atoms with van der Waals surface area (Å²) < 4.78 is 28.8. The molecule has 0 atom stereocenters. The molecule has 0 aliphatic rings. The first-order chi connectivity index (χ1) is 10.2. The highest BCUT2D eigenvalue weighted by Crippen LogP contribution is 2.18. The second-order valence-corrected chi connectivity index (χ2v) is 3.83. The molecule has 7 heteroatoms. The molecule has 108 valence electrons. The van der Waals surface area contributed by atoms with E-state index in [4.69, 9.17) is 0 Å². The molecule has 2 rings (SSSR count). The summed E-state index contributed by atoms with van der Waals surface area (Å²) in [6.07, 6.45) is 2.70. The molecule has 0 saturated heterocycles. The Bertz CT molecular complexity index is 633. The van der Waals surface area contributed by atoms with Crippen molar-refractivity contribution in [3.05, 3.63) is 59.9 Å². The lowest BCUT2D eigenvalue weighted by atomic mass is 10.2. The number of nitrogens with zero attached hydrogens (tertiary/aromatic N) is 2. The number of para-hydroxylation sites is 1. The van der Waals surface area contributed by atoms with Crippen LogP contribution < -0.4 is 10.2 Å². The van der Waals surface area contributed by atoms with Crippen molar-refractivity contribution in [3.8, 4) is 5.75 Å². The highest BCUT2D eigenvalue weighted by molar-refractivity contribution is 5.93. The molecule has 5 nitrogen and oxygen atoms in total. The van der Waals surface area contributed by atoms with Gasteiger partial charge in [-0.3, -0.25) is 9.78 Å². The molecule has 1 amide bonds. The number of alkyl halides is 2. The van der Waals surface area contributed by atoms with Crippen molar-refractivity contribution in [2.75, 3.05) is 0 Å². The Morgan fingerprint density at radius 1 is 1.24 bits per heavy atom. The van der Waals surface area contributed by atoms with E-state index in [1.807, 2.05) is 0 Å². The topological polar surface area (TPSA) is 63.6 Å². The van der Waals surface area contributed by atoms with E-state index in [2.05, 4.69) is 20.2 Å². The number of halogens is 2. The van der Waals surface area contributed by atoms with Gasteiger partial charge in [0.05, 0.1) is 6.21 Å². The standard InChI is InChI=1S/C14H11F2N3O2/c15-14(16)21-12-7-2-1-5-10(12)9-18-19-13(20)11-6-3-4-8-17-11/h1-9,14H,(H,19,20)/b18-9-. The van der Waals surface area contributed by atoms with Crippen LogP contribution in [0.1, 0.15) is 16.1 Å². The minimum absolute atomic E-state index is 0.0247. The molecular formula is C14H11F2N3O2. The van der Waals surface area contributed by atoms with E-state index in [0.29, 0.717) is 5.56 Å². The van der Waals surface area contributed by atoms with Crippen LogP contribution in [0.2, 0.25) is 0 Å². The number of hydrogen-bond donors (Lipinski definition) is 1. The van der Waals surface area contributed by atoms with Crippen LogP contribution in [-0.4, -0.2) is 23.7 Å². The van der Waals surface area contributed by atoms with Crippen molar-refractivity contribution in [2.45, 2.75) is 6.61 Å². The SMILES string of the molecule is O=C(N/N=C\c1ccccc1OC(F)F)c1ccccn1. The minimum atomic E-state index is -2.93. The molecule has 0 spiro atoms. The Labute approximate surface area is 119 Å². The van der Waals surface area contributed by atoms with Gasteiger partial charge in [-0.15, -0.1) is 0 Å². The maximum atomic E-state index is 12.2. The zero-order valence-corrected chi connectivity index (χ0v) is 10.7. The fourth-order valence-electron chi connectivity index (χ4n) is 1.51. The summed E-state index contributed by atoms with van der Waals surface area (Å²) in [6.45, 7) is -2.93. The molecule has 0 bridgehead atoms. The van der Waals surface area contributed by atoms with Crippen molar-refractivity contribution in [3.63, 3.8) is 0 Å². The predicted octanol–water partition coefficient (Wildman–Crippen LogP) is 2.45. The number of ether oxygens (including phenoxy) is 1. The molecule has 2 aromatic rings. The first kappa shape index (κ1) is 14.6. The van der Waals surface area contributed by atoms with Crippen LogP contribution in [0.5, 0.6) is 5.75 Å². The number of hydrazone groups is 1. The largest absolute Gasteiger partial charge is 0.434 e. The van der Waals surface area contributed by atoms with E-state index in [-0.39, 0.29) is 11.4 Å². The highest BCUT2D eigenvalue weighted by atomic mass is 19.3. The fourth-order valence-corrected chi connectivity index (χ4v) is 1.51. The number of hydrogen-bond acceptors (Lipinski definition) is 4. The minimum Gasteiger partial charge on any atom is -0.434 e. The zero-order valence-electron chi connectivity index (χ0n) is 10.7. The van der Waals surface area contributed by atoms with Crippen LogP contribution in [0.25, 0.3) is 0 Å². The number of nitrogens with one attached hydrogen (secondary N) is 1.